The van der Waals surface area contributed by atoms with E-state index >= 15 is 0 Å². The van der Waals surface area contributed by atoms with Crippen molar-refractivity contribution in [1.29, 1.82) is 0 Å². The number of nitrogens with zero attached hydrogens (tertiary/aromatic N) is 2. The Morgan fingerprint density at radius 1 is 0.970 bits per heavy atom. The van der Waals surface area contributed by atoms with Gasteiger partial charge in [-0.2, -0.15) is 0 Å². The van der Waals surface area contributed by atoms with Gasteiger partial charge in [0.05, 0.1) is 0 Å². The zero-order valence-corrected chi connectivity index (χ0v) is 20.5. The number of amides is 2. The Morgan fingerprint density at radius 2 is 1.67 bits per heavy atom. The van der Waals surface area contributed by atoms with Gasteiger partial charge in [-0.1, -0.05) is 40.0 Å². The lowest BCUT2D eigenvalue weighted by molar-refractivity contribution is 0.0706. The van der Waals surface area contributed by atoms with Gasteiger partial charge < -0.3 is 14.8 Å². The van der Waals surface area contributed by atoms with Crippen molar-refractivity contribution in [3.05, 3.63) is 33.7 Å². The van der Waals surface area contributed by atoms with Crippen LogP contribution in [0, 0.1) is 16.7 Å². The number of hydrogen-bond donors (Lipinski definition) is 1. The molecule has 3 saturated carbocycles. The molecule has 2 atom stereocenters. The van der Waals surface area contributed by atoms with Crippen LogP contribution in [0.5, 0.6) is 0 Å². The van der Waals surface area contributed by atoms with E-state index in [0.717, 1.165) is 44.9 Å². The smallest absolute Gasteiger partial charge is 0.259 e. The van der Waals surface area contributed by atoms with Gasteiger partial charge >= 0.3 is 0 Å². The van der Waals surface area contributed by atoms with Crippen LogP contribution in [0.1, 0.15) is 112 Å². The molecule has 33 heavy (non-hydrogen) atoms. The summed E-state index contributed by atoms with van der Waals surface area (Å²) in [6, 6.07) is 0.458. The van der Waals surface area contributed by atoms with Gasteiger partial charge in [0.1, 0.15) is 11.1 Å². The first-order valence-corrected chi connectivity index (χ1v) is 13.0. The number of likely N-dealkylation sites (tertiary alicyclic amines) is 1. The number of carbonyl (C=O) groups is 2. The highest BCUT2D eigenvalue weighted by molar-refractivity contribution is 5.99. The zero-order valence-electron chi connectivity index (χ0n) is 20.5. The maximum atomic E-state index is 13.7. The van der Waals surface area contributed by atoms with E-state index in [0.29, 0.717) is 19.0 Å². The summed E-state index contributed by atoms with van der Waals surface area (Å²) < 4.78 is 1.94. The number of nitrogens with one attached hydrogen (secondary N) is 1. The molecule has 1 aromatic rings. The second-order valence-corrected chi connectivity index (χ2v) is 12.5. The summed E-state index contributed by atoms with van der Waals surface area (Å²) in [5.41, 5.74) is 0.177. The van der Waals surface area contributed by atoms with Crippen LogP contribution in [-0.4, -0.2) is 40.4 Å². The van der Waals surface area contributed by atoms with E-state index in [-0.39, 0.29) is 45.9 Å². The SMILES string of the molecule is CC1(C)CC2CC(C)(CN2C(=O)c2cn(C3CC3)cc(C(=O)NCC3CCCCC3)c2=O)C1. The molecular formula is C27H39N3O3. The molecule has 6 nitrogen and oxygen atoms in total. The minimum Gasteiger partial charge on any atom is -0.352 e. The van der Waals surface area contributed by atoms with Gasteiger partial charge in [0.15, 0.2) is 0 Å². The van der Waals surface area contributed by atoms with Crippen molar-refractivity contribution in [1.82, 2.24) is 14.8 Å². The molecule has 1 aliphatic heterocycles. The number of pyridine rings is 1. The predicted molar refractivity (Wildman–Crippen MR) is 128 cm³/mol. The maximum Gasteiger partial charge on any atom is 0.259 e. The molecule has 4 aliphatic rings. The molecule has 6 heteroatoms. The molecule has 0 aromatic carbocycles. The second-order valence-electron chi connectivity index (χ2n) is 12.5. The first-order valence-electron chi connectivity index (χ1n) is 13.0. The molecule has 1 N–H and O–H groups in total. The van der Waals surface area contributed by atoms with Gasteiger partial charge in [0.25, 0.3) is 11.8 Å². The van der Waals surface area contributed by atoms with Crippen LogP contribution in [0.4, 0.5) is 0 Å². The van der Waals surface area contributed by atoms with E-state index < -0.39 is 5.43 Å². The lowest BCUT2D eigenvalue weighted by Gasteiger charge is -2.39. The van der Waals surface area contributed by atoms with Crippen LogP contribution in [-0.2, 0) is 0 Å². The fourth-order valence-corrected chi connectivity index (χ4v) is 7.07. The second kappa shape index (κ2) is 8.28. The van der Waals surface area contributed by atoms with Gasteiger partial charge in [-0.05, 0) is 61.7 Å². The summed E-state index contributed by atoms with van der Waals surface area (Å²) in [6.45, 7) is 8.14. The van der Waals surface area contributed by atoms with E-state index in [1.165, 1.54) is 19.3 Å². The maximum absolute atomic E-state index is 13.7. The lowest BCUT2D eigenvalue weighted by Crippen LogP contribution is -2.41. The Hall–Kier alpha value is -2.11. The fourth-order valence-electron chi connectivity index (χ4n) is 7.07. The molecule has 2 bridgehead atoms. The molecule has 1 aromatic heterocycles. The molecule has 2 amide bonds. The molecule has 2 heterocycles. The Kier molecular flexibility index (Phi) is 5.69. The van der Waals surface area contributed by atoms with Gasteiger partial charge in [-0.3, -0.25) is 14.4 Å². The summed E-state index contributed by atoms with van der Waals surface area (Å²) in [4.78, 5) is 42.2. The molecule has 1 saturated heterocycles. The van der Waals surface area contributed by atoms with E-state index in [4.69, 9.17) is 0 Å². The summed E-state index contributed by atoms with van der Waals surface area (Å²) >= 11 is 0. The van der Waals surface area contributed by atoms with Crippen molar-refractivity contribution in [2.24, 2.45) is 16.7 Å². The van der Waals surface area contributed by atoms with Gasteiger partial charge in [0, 0.05) is 37.6 Å². The van der Waals surface area contributed by atoms with E-state index in [2.05, 4.69) is 26.1 Å². The van der Waals surface area contributed by atoms with Gasteiger partial charge in [-0.25, -0.2) is 0 Å². The predicted octanol–water partition coefficient (Wildman–Crippen LogP) is 4.53. The standard InChI is InChI=1S/C27H39N3O3/c1-26(2)11-20-12-27(3,16-26)17-30(20)25(33)22-15-29(19-9-10-19)14-21(23(22)31)24(32)28-13-18-7-5-4-6-8-18/h14-15,18-20H,4-13,16-17H2,1-3H3,(H,28,32). The van der Waals surface area contributed by atoms with Gasteiger partial charge in [0.2, 0.25) is 5.43 Å². The number of rotatable bonds is 5. The highest BCUT2D eigenvalue weighted by Crippen LogP contribution is 2.52. The summed E-state index contributed by atoms with van der Waals surface area (Å²) in [5, 5.41) is 3.01. The Bertz CT molecular complexity index is 1000. The molecule has 0 radical (unpaired) electrons. The summed E-state index contributed by atoms with van der Waals surface area (Å²) in [7, 11) is 0. The molecule has 2 unspecified atom stereocenters. The third-order valence-electron chi connectivity index (χ3n) is 8.44. The van der Waals surface area contributed by atoms with Crippen LogP contribution in [0.15, 0.2) is 17.2 Å². The molecule has 4 fully saturated rings. The molecular weight excluding hydrogens is 414 g/mol. The highest BCUT2D eigenvalue weighted by Gasteiger charge is 2.51. The largest absolute Gasteiger partial charge is 0.352 e. The van der Waals surface area contributed by atoms with Crippen LogP contribution in [0.3, 0.4) is 0 Å². The van der Waals surface area contributed by atoms with Crippen LogP contribution in [0.25, 0.3) is 0 Å². The lowest BCUT2D eigenvalue weighted by atomic mass is 9.65. The average Bonchev–Trinajstić information content (AvgIpc) is 3.57. The number of aromatic nitrogens is 1. The Balaban J connectivity index is 1.40. The van der Waals surface area contributed by atoms with Crippen molar-refractivity contribution < 1.29 is 9.59 Å². The van der Waals surface area contributed by atoms with Crippen LogP contribution >= 0.6 is 0 Å². The summed E-state index contributed by atoms with van der Waals surface area (Å²) in [5.74, 6) is -0.0307. The molecule has 3 aliphatic carbocycles. The van der Waals surface area contributed by atoms with Crippen molar-refractivity contribution in [2.75, 3.05) is 13.1 Å². The van der Waals surface area contributed by atoms with Crippen molar-refractivity contribution in [3.63, 3.8) is 0 Å². The first-order chi connectivity index (χ1) is 15.6. The zero-order chi connectivity index (χ0) is 23.4. The Morgan fingerprint density at radius 3 is 2.36 bits per heavy atom. The monoisotopic (exact) mass is 453 g/mol. The fraction of sp³-hybridized carbons (Fsp3) is 0.741. The quantitative estimate of drug-likeness (QED) is 0.712. The number of fused-ring (bicyclic) bond motifs is 2. The van der Waals surface area contributed by atoms with E-state index in [1.54, 1.807) is 12.4 Å². The third-order valence-corrected chi connectivity index (χ3v) is 8.44. The topological polar surface area (TPSA) is 71.4 Å². The average molecular weight is 454 g/mol. The van der Waals surface area contributed by atoms with E-state index in [9.17, 15) is 14.4 Å². The summed E-state index contributed by atoms with van der Waals surface area (Å²) in [6.07, 6.45) is 14.5. The minimum atomic E-state index is -0.413. The molecule has 180 valence electrons. The Labute approximate surface area is 197 Å². The van der Waals surface area contributed by atoms with Crippen molar-refractivity contribution >= 4 is 11.8 Å². The third kappa shape index (κ3) is 4.63. The molecule has 0 spiro atoms. The number of carbonyl (C=O) groups excluding carboxylic acids is 2. The molecule has 5 rings (SSSR count). The minimum absolute atomic E-state index is 0.104. The number of hydrogen-bond acceptors (Lipinski definition) is 3. The van der Waals surface area contributed by atoms with Crippen molar-refractivity contribution in [2.45, 2.75) is 97.1 Å². The van der Waals surface area contributed by atoms with Gasteiger partial charge in [-0.15, -0.1) is 0 Å². The first kappa shape index (κ1) is 22.7. The van der Waals surface area contributed by atoms with Crippen LogP contribution < -0.4 is 10.7 Å². The van der Waals surface area contributed by atoms with Crippen molar-refractivity contribution in [3.8, 4) is 0 Å². The normalized spacial score (nSPS) is 29.2. The van der Waals surface area contributed by atoms with E-state index in [1.807, 2.05) is 9.47 Å². The van der Waals surface area contributed by atoms with Crippen LogP contribution in [0.2, 0.25) is 0 Å². The highest BCUT2D eigenvalue weighted by atomic mass is 16.2.